The summed E-state index contributed by atoms with van der Waals surface area (Å²) in [5, 5.41) is 9.34. The minimum absolute atomic E-state index is 0.137. The second-order valence-electron chi connectivity index (χ2n) is 5.70. The van der Waals surface area contributed by atoms with E-state index < -0.39 is 0 Å². The van der Waals surface area contributed by atoms with Crippen LogP contribution in [0.5, 0.6) is 0 Å². The number of nitrogens with zero attached hydrogens (tertiary/aromatic N) is 1. The van der Waals surface area contributed by atoms with Crippen molar-refractivity contribution in [3.05, 3.63) is 26.8 Å². The Bertz CT molecular complexity index is 628. The molecule has 7 heteroatoms. The zero-order chi connectivity index (χ0) is 15.7. The molecule has 0 fully saturated rings. The third-order valence-corrected chi connectivity index (χ3v) is 5.21. The smallest absolute Gasteiger partial charge is 0.319 e. The van der Waals surface area contributed by atoms with Crippen LogP contribution in [-0.2, 0) is 24.1 Å². The van der Waals surface area contributed by atoms with Crippen molar-refractivity contribution < 1.29 is 9.59 Å². The summed E-state index contributed by atoms with van der Waals surface area (Å²) in [6, 6.07) is -0.545. The molecule has 1 atom stereocenters. The van der Waals surface area contributed by atoms with Gasteiger partial charge in [-0.15, -0.1) is 11.3 Å². The van der Waals surface area contributed by atoms with E-state index in [1.807, 2.05) is 6.92 Å². The number of rotatable bonds is 4. The van der Waals surface area contributed by atoms with E-state index in [0.29, 0.717) is 17.8 Å². The van der Waals surface area contributed by atoms with Crippen LogP contribution < -0.4 is 16.0 Å². The quantitative estimate of drug-likeness (QED) is 0.781. The first kappa shape index (κ1) is 15.0. The minimum Gasteiger partial charge on any atom is -0.352 e. The van der Waals surface area contributed by atoms with Crippen molar-refractivity contribution in [1.29, 1.82) is 0 Å². The Morgan fingerprint density at radius 1 is 1.45 bits per heavy atom. The lowest BCUT2D eigenvalue weighted by atomic mass is 10.0. The van der Waals surface area contributed by atoms with Crippen molar-refractivity contribution in [1.82, 2.24) is 20.9 Å². The highest BCUT2D eigenvalue weighted by molar-refractivity contribution is 7.11. The number of aromatic nitrogens is 1. The molecule has 2 aliphatic rings. The molecule has 0 unspecified atom stereocenters. The predicted molar refractivity (Wildman–Crippen MR) is 84.7 cm³/mol. The summed E-state index contributed by atoms with van der Waals surface area (Å²) < 4.78 is 0. The van der Waals surface area contributed by atoms with Crippen LogP contribution in [0.4, 0.5) is 4.79 Å². The van der Waals surface area contributed by atoms with Gasteiger partial charge in [-0.3, -0.25) is 4.79 Å². The lowest BCUT2D eigenvalue weighted by Crippen LogP contribution is -2.50. The van der Waals surface area contributed by atoms with Gasteiger partial charge in [0, 0.05) is 23.5 Å². The van der Waals surface area contributed by atoms with Crippen LogP contribution in [0.3, 0.4) is 0 Å². The van der Waals surface area contributed by atoms with Crippen LogP contribution in [0.2, 0.25) is 0 Å². The second kappa shape index (κ2) is 6.08. The van der Waals surface area contributed by atoms with Crippen molar-refractivity contribution in [3.8, 4) is 0 Å². The van der Waals surface area contributed by atoms with Gasteiger partial charge >= 0.3 is 6.03 Å². The topological polar surface area (TPSA) is 83.1 Å². The van der Waals surface area contributed by atoms with Crippen molar-refractivity contribution in [2.75, 3.05) is 6.54 Å². The summed E-state index contributed by atoms with van der Waals surface area (Å²) in [5.41, 5.74) is 2.45. The molecule has 1 aromatic rings. The van der Waals surface area contributed by atoms with E-state index in [0.717, 1.165) is 24.3 Å². The number of hydrogen-bond donors (Lipinski definition) is 3. The maximum atomic E-state index is 12.3. The van der Waals surface area contributed by atoms with Gasteiger partial charge in [-0.2, -0.15) is 0 Å². The Morgan fingerprint density at radius 3 is 3.00 bits per heavy atom. The molecule has 3 amide bonds. The Labute approximate surface area is 133 Å². The maximum absolute atomic E-state index is 12.3. The van der Waals surface area contributed by atoms with E-state index >= 15 is 0 Å². The van der Waals surface area contributed by atoms with Gasteiger partial charge in [0.25, 0.3) is 5.91 Å². The number of carbonyl (C=O) groups excluding carboxylic acids is 2. The SMILES string of the molecule is CC1=C(C(=O)NCCc2nc3c(s2)CCC3)[C@H](C)NC(=O)N1. The summed E-state index contributed by atoms with van der Waals surface area (Å²) >= 11 is 1.77. The van der Waals surface area contributed by atoms with Gasteiger partial charge < -0.3 is 16.0 Å². The number of nitrogens with one attached hydrogen (secondary N) is 3. The van der Waals surface area contributed by atoms with Crippen molar-refractivity contribution >= 4 is 23.3 Å². The van der Waals surface area contributed by atoms with Gasteiger partial charge in [0.15, 0.2) is 0 Å². The summed E-state index contributed by atoms with van der Waals surface area (Å²) in [7, 11) is 0. The number of carbonyl (C=O) groups is 2. The van der Waals surface area contributed by atoms with Gasteiger partial charge in [-0.1, -0.05) is 0 Å². The first-order valence-corrected chi connectivity index (χ1v) is 8.40. The largest absolute Gasteiger partial charge is 0.352 e. The number of urea groups is 1. The third kappa shape index (κ3) is 2.99. The molecule has 0 aromatic carbocycles. The van der Waals surface area contributed by atoms with E-state index in [1.165, 1.54) is 17.0 Å². The Hall–Kier alpha value is -1.89. The van der Waals surface area contributed by atoms with Gasteiger partial charge in [-0.25, -0.2) is 9.78 Å². The monoisotopic (exact) mass is 320 g/mol. The number of aryl methyl sites for hydroxylation is 2. The molecular weight excluding hydrogens is 300 g/mol. The van der Waals surface area contributed by atoms with Crippen molar-refractivity contribution in [2.45, 2.75) is 45.6 Å². The van der Waals surface area contributed by atoms with Crippen LogP contribution in [0.15, 0.2) is 11.3 Å². The lowest BCUT2D eigenvalue weighted by Gasteiger charge is -2.25. The molecule has 3 rings (SSSR count). The van der Waals surface area contributed by atoms with E-state index in [-0.39, 0.29) is 18.0 Å². The van der Waals surface area contributed by atoms with Gasteiger partial charge in [0.2, 0.25) is 0 Å². The fourth-order valence-electron chi connectivity index (χ4n) is 2.96. The Balaban J connectivity index is 1.55. The van der Waals surface area contributed by atoms with E-state index in [2.05, 4.69) is 20.9 Å². The number of amides is 3. The molecule has 0 spiro atoms. The fraction of sp³-hybridized carbons (Fsp3) is 0.533. The van der Waals surface area contributed by atoms with Crippen LogP contribution in [0.1, 0.15) is 35.8 Å². The van der Waals surface area contributed by atoms with Crippen LogP contribution in [-0.4, -0.2) is 29.5 Å². The molecule has 0 saturated heterocycles. The number of allylic oxidation sites excluding steroid dienone is 1. The molecular formula is C15H20N4O2S. The minimum atomic E-state index is -0.280. The average Bonchev–Trinajstić information content (AvgIpc) is 2.98. The molecule has 3 N–H and O–H groups in total. The first-order chi connectivity index (χ1) is 10.5. The van der Waals surface area contributed by atoms with Crippen molar-refractivity contribution in [3.63, 3.8) is 0 Å². The maximum Gasteiger partial charge on any atom is 0.319 e. The molecule has 2 heterocycles. The third-order valence-electron chi connectivity index (χ3n) is 3.99. The highest BCUT2D eigenvalue weighted by Crippen LogP contribution is 2.27. The number of thiazole rings is 1. The molecule has 0 bridgehead atoms. The van der Waals surface area contributed by atoms with Crippen molar-refractivity contribution in [2.24, 2.45) is 0 Å². The average molecular weight is 320 g/mol. The van der Waals surface area contributed by atoms with Gasteiger partial charge in [0.05, 0.1) is 22.3 Å². The van der Waals surface area contributed by atoms with E-state index in [1.54, 1.807) is 18.3 Å². The Morgan fingerprint density at radius 2 is 2.27 bits per heavy atom. The molecule has 6 nitrogen and oxygen atoms in total. The van der Waals surface area contributed by atoms with Crippen LogP contribution in [0, 0.1) is 0 Å². The molecule has 1 aromatic heterocycles. The van der Waals surface area contributed by atoms with Gasteiger partial charge in [0.1, 0.15) is 0 Å². The summed E-state index contributed by atoms with van der Waals surface area (Å²) in [5.74, 6) is -0.137. The van der Waals surface area contributed by atoms with Crippen LogP contribution in [0.25, 0.3) is 0 Å². The molecule has 118 valence electrons. The zero-order valence-corrected chi connectivity index (χ0v) is 13.6. The summed E-state index contributed by atoms with van der Waals surface area (Å²) in [6.07, 6.45) is 4.21. The highest BCUT2D eigenvalue weighted by Gasteiger charge is 2.26. The standard InChI is InChI=1S/C15H20N4O2S/c1-8-13(9(2)18-15(21)17-8)14(20)16-7-6-12-19-10-4-3-5-11(10)22-12/h8H,3-7H2,1-2H3,(H,16,20)(H2,17,18,21)/t8-/m0/s1. The molecule has 22 heavy (non-hydrogen) atoms. The fourth-order valence-corrected chi connectivity index (χ4v) is 4.12. The number of fused-ring (bicyclic) bond motifs is 1. The first-order valence-electron chi connectivity index (χ1n) is 7.58. The second-order valence-corrected chi connectivity index (χ2v) is 6.86. The predicted octanol–water partition coefficient (Wildman–Crippen LogP) is 1.27. The highest BCUT2D eigenvalue weighted by atomic mass is 32.1. The van der Waals surface area contributed by atoms with E-state index in [4.69, 9.17) is 0 Å². The normalized spacial score (nSPS) is 20.5. The number of hydrogen-bond acceptors (Lipinski definition) is 4. The molecule has 1 aliphatic heterocycles. The molecule has 1 aliphatic carbocycles. The molecule has 0 saturated carbocycles. The Kier molecular flexibility index (Phi) is 4.15. The van der Waals surface area contributed by atoms with Crippen LogP contribution >= 0.6 is 11.3 Å². The summed E-state index contributed by atoms with van der Waals surface area (Å²) in [4.78, 5) is 29.6. The van der Waals surface area contributed by atoms with Gasteiger partial charge in [-0.05, 0) is 33.1 Å². The zero-order valence-electron chi connectivity index (χ0n) is 12.8. The lowest BCUT2D eigenvalue weighted by molar-refractivity contribution is -0.117. The summed E-state index contributed by atoms with van der Waals surface area (Å²) in [6.45, 7) is 4.11. The van der Waals surface area contributed by atoms with E-state index in [9.17, 15) is 9.59 Å². The molecule has 0 radical (unpaired) electrons.